The number of aryl methyl sites for hydroxylation is 1. The fraction of sp³-hybridized carbons (Fsp3) is 0.154. The lowest BCUT2D eigenvalue weighted by atomic mass is 10.3. The molecule has 3 rings (SSSR count). The summed E-state index contributed by atoms with van der Waals surface area (Å²) in [6, 6.07) is 5.70. The molecule has 20 heavy (non-hydrogen) atoms. The number of nitrogens with one attached hydrogen (secondary N) is 1. The van der Waals surface area contributed by atoms with Crippen LogP contribution in [0.1, 0.15) is 5.56 Å². The van der Waals surface area contributed by atoms with E-state index in [1.165, 1.54) is 11.8 Å². The van der Waals surface area contributed by atoms with Gasteiger partial charge in [-0.25, -0.2) is 15.0 Å². The van der Waals surface area contributed by atoms with E-state index in [-0.39, 0.29) is 5.28 Å². The van der Waals surface area contributed by atoms with E-state index in [0.717, 1.165) is 32.5 Å². The molecule has 0 bridgehead atoms. The molecular weight excluding hydrogens is 296 g/mol. The van der Waals surface area contributed by atoms with Crippen LogP contribution in [-0.4, -0.2) is 27.0 Å². The van der Waals surface area contributed by atoms with Gasteiger partial charge in [-0.2, -0.15) is 0 Å². The summed E-state index contributed by atoms with van der Waals surface area (Å²) >= 11 is 7.24. The Bertz CT molecular complexity index is 774. The highest BCUT2D eigenvalue weighted by molar-refractivity contribution is 7.99. The van der Waals surface area contributed by atoms with Crippen LogP contribution in [0.25, 0.3) is 11.0 Å². The smallest absolute Gasteiger partial charge is 0.223 e. The molecule has 0 aliphatic carbocycles. The molecule has 102 valence electrons. The number of hydrogen-bond acceptors (Lipinski definition) is 5. The number of hydrogen-bond donors (Lipinski definition) is 1. The molecule has 0 saturated heterocycles. The minimum absolute atomic E-state index is 0.232. The lowest BCUT2D eigenvalue weighted by Crippen LogP contribution is -1.89. The zero-order valence-corrected chi connectivity index (χ0v) is 12.4. The van der Waals surface area contributed by atoms with Crippen molar-refractivity contribution in [3.05, 3.63) is 35.2 Å². The maximum Gasteiger partial charge on any atom is 0.223 e. The second kappa shape index (κ2) is 5.30. The first kappa shape index (κ1) is 13.2. The Morgan fingerprint density at radius 3 is 2.95 bits per heavy atom. The molecule has 2 aromatic heterocycles. The highest BCUT2D eigenvalue weighted by Crippen LogP contribution is 2.29. The molecule has 0 saturated carbocycles. The third kappa shape index (κ3) is 2.57. The van der Waals surface area contributed by atoms with Gasteiger partial charge in [0.15, 0.2) is 5.16 Å². The predicted molar refractivity (Wildman–Crippen MR) is 78.5 cm³/mol. The van der Waals surface area contributed by atoms with E-state index in [4.69, 9.17) is 16.3 Å². The van der Waals surface area contributed by atoms with E-state index >= 15 is 0 Å². The standard InChI is InChI=1S/C13H11ClN4OS/c1-7-6-15-12(14)18-11(7)20-13-16-9-4-3-8(19-2)5-10(9)17-13/h3-6H,1-2H3,(H,16,17). The number of methoxy groups -OCH3 is 1. The Kier molecular flexibility index (Phi) is 3.50. The molecule has 3 aromatic rings. The van der Waals surface area contributed by atoms with Crippen LogP contribution in [0.2, 0.25) is 5.28 Å². The summed E-state index contributed by atoms with van der Waals surface area (Å²) < 4.78 is 5.19. The number of nitrogens with zero attached hydrogens (tertiary/aromatic N) is 3. The molecule has 0 amide bonds. The number of fused-ring (bicyclic) bond motifs is 1. The number of H-pyrrole nitrogens is 1. The van der Waals surface area contributed by atoms with Crippen molar-refractivity contribution in [1.82, 2.24) is 19.9 Å². The number of aromatic amines is 1. The molecule has 0 fully saturated rings. The van der Waals surface area contributed by atoms with E-state index < -0.39 is 0 Å². The van der Waals surface area contributed by atoms with Gasteiger partial charge in [0.1, 0.15) is 10.8 Å². The summed E-state index contributed by atoms with van der Waals surface area (Å²) in [6.07, 6.45) is 1.70. The third-order valence-electron chi connectivity index (χ3n) is 2.76. The van der Waals surface area contributed by atoms with Gasteiger partial charge in [-0.1, -0.05) is 0 Å². The molecular formula is C13H11ClN4OS. The normalized spacial score (nSPS) is 10.9. The average molecular weight is 307 g/mol. The van der Waals surface area contributed by atoms with Gasteiger partial charge in [0.05, 0.1) is 18.1 Å². The lowest BCUT2D eigenvalue weighted by Gasteiger charge is -2.01. The minimum Gasteiger partial charge on any atom is -0.497 e. The van der Waals surface area contributed by atoms with Crippen molar-refractivity contribution in [3.63, 3.8) is 0 Å². The minimum atomic E-state index is 0.232. The number of rotatable bonds is 3. The van der Waals surface area contributed by atoms with Crippen molar-refractivity contribution >= 4 is 34.4 Å². The number of imidazole rings is 1. The Hall–Kier alpha value is -1.79. The summed E-state index contributed by atoms with van der Waals surface area (Å²) in [4.78, 5) is 15.9. The maximum atomic E-state index is 5.82. The predicted octanol–water partition coefficient (Wildman–Crippen LogP) is 3.47. The Labute approximate surface area is 124 Å². The summed E-state index contributed by atoms with van der Waals surface area (Å²) in [5.74, 6) is 0.791. The van der Waals surface area contributed by atoms with E-state index in [2.05, 4.69) is 19.9 Å². The van der Waals surface area contributed by atoms with Crippen molar-refractivity contribution in [2.45, 2.75) is 17.1 Å². The van der Waals surface area contributed by atoms with Gasteiger partial charge in [0, 0.05) is 17.8 Å². The van der Waals surface area contributed by atoms with Gasteiger partial charge >= 0.3 is 0 Å². The molecule has 0 radical (unpaired) electrons. The first-order chi connectivity index (χ1) is 9.65. The van der Waals surface area contributed by atoms with Gasteiger partial charge in [-0.3, -0.25) is 0 Å². The van der Waals surface area contributed by atoms with Crippen molar-refractivity contribution in [3.8, 4) is 5.75 Å². The van der Waals surface area contributed by atoms with Gasteiger partial charge in [-0.15, -0.1) is 0 Å². The SMILES string of the molecule is COc1ccc2nc(Sc3nc(Cl)ncc3C)[nH]c2c1. The van der Waals surface area contributed by atoms with Crippen molar-refractivity contribution in [2.24, 2.45) is 0 Å². The highest BCUT2D eigenvalue weighted by atomic mass is 35.5. The van der Waals surface area contributed by atoms with Crippen LogP contribution < -0.4 is 4.74 Å². The molecule has 1 aromatic carbocycles. The molecule has 0 spiro atoms. The Balaban J connectivity index is 1.96. The molecule has 5 nitrogen and oxygen atoms in total. The van der Waals surface area contributed by atoms with E-state index in [1.54, 1.807) is 13.3 Å². The van der Waals surface area contributed by atoms with Gasteiger partial charge in [0.25, 0.3) is 0 Å². The van der Waals surface area contributed by atoms with Crippen molar-refractivity contribution in [2.75, 3.05) is 7.11 Å². The molecule has 1 N–H and O–H groups in total. The van der Waals surface area contributed by atoms with Gasteiger partial charge in [0.2, 0.25) is 5.28 Å². The molecule has 2 heterocycles. The van der Waals surface area contributed by atoms with Crippen LogP contribution in [0.3, 0.4) is 0 Å². The quantitative estimate of drug-likeness (QED) is 0.593. The van der Waals surface area contributed by atoms with Crippen LogP contribution in [0.4, 0.5) is 0 Å². The zero-order valence-electron chi connectivity index (χ0n) is 10.8. The average Bonchev–Trinajstić information content (AvgIpc) is 2.84. The summed E-state index contributed by atoms with van der Waals surface area (Å²) in [5, 5.41) is 1.78. The number of aromatic nitrogens is 4. The van der Waals surface area contributed by atoms with Gasteiger partial charge < -0.3 is 9.72 Å². The fourth-order valence-electron chi connectivity index (χ4n) is 1.74. The van der Waals surface area contributed by atoms with E-state index in [0.29, 0.717) is 0 Å². The summed E-state index contributed by atoms with van der Waals surface area (Å²) in [7, 11) is 1.64. The maximum absolute atomic E-state index is 5.82. The molecule has 0 atom stereocenters. The number of halogens is 1. The Morgan fingerprint density at radius 1 is 1.30 bits per heavy atom. The van der Waals surface area contributed by atoms with Crippen LogP contribution in [0, 0.1) is 6.92 Å². The molecule has 7 heteroatoms. The van der Waals surface area contributed by atoms with Crippen molar-refractivity contribution in [1.29, 1.82) is 0 Å². The summed E-state index contributed by atoms with van der Waals surface area (Å²) in [6.45, 7) is 1.93. The largest absolute Gasteiger partial charge is 0.497 e. The fourth-order valence-corrected chi connectivity index (χ4v) is 2.76. The topological polar surface area (TPSA) is 63.7 Å². The molecule has 0 aliphatic heterocycles. The monoisotopic (exact) mass is 306 g/mol. The lowest BCUT2D eigenvalue weighted by molar-refractivity contribution is 0.415. The van der Waals surface area contributed by atoms with Crippen molar-refractivity contribution < 1.29 is 4.74 Å². The first-order valence-electron chi connectivity index (χ1n) is 5.86. The number of ether oxygens (including phenoxy) is 1. The first-order valence-corrected chi connectivity index (χ1v) is 7.06. The van der Waals surface area contributed by atoms with E-state index in [1.807, 2.05) is 25.1 Å². The highest BCUT2D eigenvalue weighted by Gasteiger charge is 2.09. The van der Waals surface area contributed by atoms with Crippen LogP contribution in [0.5, 0.6) is 5.75 Å². The molecule has 0 aliphatic rings. The van der Waals surface area contributed by atoms with Crippen LogP contribution >= 0.6 is 23.4 Å². The van der Waals surface area contributed by atoms with E-state index in [9.17, 15) is 0 Å². The second-order valence-corrected chi connectivity index (χ2v) is 5.47. The van der Waals surface area contributed by atoms with Crippen LogP contribution in [-0.2, 0) is 0 Å². The zero-order chi connectivity index (χ0) is 14.1. The molecule has 0 unspecified atom stereocenters. The number of benzene rings is 1. The Morgan fingerprint density at radius 2 is 2.15 bits per heavy atom. The second-order valence-electron chi connectivity index (χ2n) is 4.15. The van der Waals surface area contributed by atoms with Crippen LogP contribution in [0.15, 0.2) is 34.6 Å². The third-order valence-corrected chi connectivity index (χ3v) is 3.93. The summed E-state index contributed by atoms with van der Waals surface area (Å²) in [5.41, 5.74) is 2.76. The van der Waals surface area contributed by atoms with Gasteiger partial charge in [-0.05, 0) is 42.4 Å².